The zero-order chi connectivity index (χ0) is 17.7. The molecule has 2 aromatic rings. The molecule has 0 aliphatic carbocycles. The van der Waals surface area contributed by atoms with Crippen LogP contribution in [0.2, 0.25) is 0 Å². The lowest BCUT2D eigenvalue weighted by Gasteiger charge is -2.12. The average Bonchev–Trinajstić information content (AvgIpc) is 2.55. The molecule has 0 radical (unpaired) electrons. The predicted molar refractivity (Wildman–Crippen MR) is 89.3 cm³/mol. The molecule has 0 fully saturated rings. The molecular formula is C16H15N3O4S. The van der Waals surface area contributed by atoms with Gasteiger partial charge in [0, 0.05) is 12.5 Å². The quantitative estimate of drug-likeness (QED) is 0.384. The molecule has 1 aromatic carbocycles. The molecule has 0 bridgehead atoms. The van der Waals surface area contributed by atoms with Crippen LogP contribution in [0, 0.1) is 11.3 Å². The van der Waals surface area contributed by atoms with Gasteiger partial charge in [-0.05, 0) is 31.4 Å². The number of H-pyrrole nitrogens is 1. The van der Waals surface area contributed by atoms with E-state index in [-0.39, 0.29) is 17.0 Å². The topological polar surface area (TPSA) is 105 Å². The Kier molecular flexibility index (Phi) is 5.60. The molecule has 0 saturated heterocycles. The number of nitriles is 1. The summed E-state index contributed by atoms with van der Waals surface area (Å²) in [6.45, 7) is 3.45. The van der Waals surface area contributed by atoms with Crippen LogP contribution in [-0.2, 0) is 4.79 Å². The molecule has 0 unspecified atom stereocenters. The summed E-state index contributed by atoms with van der Waals surface area (Å²) in [5, 5.41) is 9.65. The first-order valence-electron chi connectivity index (χ1n) is 7.04. The highest BCUT2D eigenvalue weighted by Crippen LogP contribution is 2.33. The van der Waals surface area contributed by atoms with Crippen LogP contribution >= 0.6 is 11.8 Å². The third kappa shape index (κ3) is 3.75. The van der Waals surface area contributed by atoms with E-state index in [1.54, 1.807) is 31.4 Å². The monoisotopic (exact) mass is 345 g/mol. The number of ether oxygens (including phenoxy) is 2. The number of nitrogens with zero attached hydrogens (tertiary/aromatic N) is 2. The van der Waals surface area contributed by atoms with Crippen molar-refractivity contribution in [2.45, 2.75) is 19.0 Å². The van der Waals surface area contributed by atoms with Gasteiger partial charge in [-0.3, -0.25) is 9.59 Å². The molecule has 1 aromatic heterocycles. The fourth-order valence-electron chi connectivity index (χ4n) is 2.02. The van der Waals surface area contributed by atoms with Gasteiger partial charge in [0.2, 0.25) is 0 Å². The summed E-state index contributed by atoms with van der Waals surface area (Å²) in [7, 11) is 0. The fourth-order valence-corrected chi connectivity index (χ4v) is 2.40. The molecule has 0 amide bonds. The van der Waals surface area contributed by atoms with E-state index in [9.17, 15) is 14.9 Å². The molecule has 0 aliphatic rings. The molecule has 2 rings (SSSR count). The molecule has 24 heavy (non-hydrogen) atoms. The van der Waals surface area contributed by atoms with E-state index in [1.165, 1.54) is 18.7 Å². The Morgan fingerprint density at radius 3 is 2.75 bits per heavy atom. The predicted octanol–water partition coefficient (Wildman–Crippen LogP) is 2.35. The number of thioether (sulfide) groups is 1. The summed E-state index contributed by atoms with van der Waals surface area (Å²) in [4.78, 5) is 30.0. The average molecular weight is 345 g/mol. The number of aromatic nitrogens is 2. The van der Waals surface area contributed by atoms with Gasteiger partial charge in [-0.2, -0.15) is 5.26 Å². The molecule has 1 heterocycles. The van der Waals surface area contributed by atoms with Gasteiger partial charge in [0.1, 0.15) is 11.6 Å². The molecule has 7 nitrogen and oxygen atoms in total. The van der Waals surface area contributed by atoms with Crippen molar-refractivity contribution in [1.82, 2.24) is 9.97 Å². The SMILES string of the molecule is CCOc1cc(-c2nc(SC)[nH]c(=O)c2C#N)ccc1OC(C)=O. The van der Waals surface area contributed by atoms with Crippen LogP contribution in [0.25, 0.3) is 11.3 Å². The second kappa shape index (κ2) is 7.66. The number of hydrogen-bond donors (Lipinski definition) is 1. The number of esters is 1. The van der Waals surface area contributed by atoms with E-state index < -0.39 is 11.5 Å². The Morgan fingerprint density at radius 2 is 2.17 bits per heavy atom. The first-order chi connectivity index (χ1) is 11.5. The van der Waals surface area contributed by atoms with Crippen molar-refractivity contribution in [2.24, 2.45) is 0 Å². The van der Waals surface area contributed by atoms with Crippen molar-refractivity contribution in [3.8, 4) is 28.8 Å². The highest BCUT2D eigenvalue weighted by atomic mass is 32.2. The van der Waals surface area contributed by atoms with Gasteiger partial charge in [0.25, 0.3) is 5.56 Å². The molecule has 1 N–H and O–H groups in total. The standard InChI is InChI=1S/C16H15N3O4S/c1-4-22-13-7-10(5-6-12(13)23-9(2)20)14-11(8-17)15(21)19-16(18-14)24-3/h5-7H,4H2,1-3H3,(H,18,19,21). The Hall–Kier alpha value is -2.79. The van der Waals surface area contributed by atoms with Crippen LogP contribution in [0.4, 0.5) is 0 Å². The second-order valence-electron chi connectivity index (χ2n) is 4.60. The minimum atomic E-state index is -0.506. The second-order valence-corrected chi connectivity index (χ2v) is 5.39. The molecule has 8 heteroatoms. The van der Waals surface area contributed by atoms with Crippen LogP contribution in [-0.4, -0.2) is 28.8 Å². The van der Waals surface area contributed by atoms with Crippen molar-refractivity contribution in [2.75, 3.05) is 12.9 Å². The number of rotatable bonds is 5. The lowest BCUT2D eigenvalue weighted by Crippen LogP contribution is -2.14. The summed E-state index contributed by atoms with van der Waals surface area (Å²) in [5.74, 6) is 0.128. The maximum atomic E-state index is 12.0. The van der Waals surface area contributed by atoms with Gasteiger partial charge in [0.15, 0.2) is 16.7 Å². The Labute approximate surface area is 142 Å². The third-order valence-electron chi connectivity index (χ3n) is 2.97. The Morgan fingerprint density at radius 1 is 1.42 bits per heavy atom. The van der Waals surface area contributed by atoms with E-state index in [4.69, 9.17) is 9.47 Å². The normalized spacial score (nSPS) is 10.1. The van der Waals surface area contributed by atoms with E-state index >= 15 is 0 Å². The zero-order valence-electron chi connectivity index (χ0n) is 13.4. The van der Waals surface area contributed by atoms with Crippen molar-refractivity contribution in [3.63, 3.8) is 0 Å². The highest BCUT2D eigenvalue weighted by molar-refractivity contribution is 7.98. The molecule has 0 saturated carbocycles. The van der Waals surface area contributed by atoms with Crippen molar-refractivity contribution >= 4 is 17.7 Å². The highest BCUT2D eigenvalue weighted by Gasteiger charge is 2.16. The minimum Gasteiger partial charge on any atom is -0.490 e. The van der Waals surface area contributed by atoms with Gasteiger partial charge in [-0.25, -0.2) is 4.98 Å². The van der Waals surface area contributed by atoms with E-state index in [1.807, 2.05) is 6.07 Å². The van der Waals surface area contributed by atoms with Crippen molar-refractivity contribution < 1.29 is 14.3 Å². The molecular weight excluding hydrogens is 330 g/mol. The first kappa shape index (κ1) is 17.6. The van der Waals surface area contributed by atoms with Crippen LogP contribution in [0.1, 0.15) is 19.4 Å². The molecule has 0 spiro atoms. The summed E-state index contributed by atoms with van der Waals surface area (Å²) in [6, 6.07) is 6.63. The number of hydrogen-bond acceptors (Lipinski definition) is 7. The summed E-state index contributed by atoms with van der Waals surface area (Å²) in [5.41, 5.74) is 0.178. The lowest BCUT2D eigenvalue weighted by atomic mass is 10.1. The van der Waals surface area contributed by atoms with Crippen LogP contribution in [0.15, 0.2) is 28.2 Å². The Balaban J connectivity index is 2.63. The van der Waals surface area contributed by atoms with Gasteiger partial charge < -0.3 is 14.5 Å². The van der Waals surface area contributed by atoms with E-state index in [0.29, 0.717) is 23.1 Å². The van der Waals surface area contributed by atoms with Gasteiger partial charge in [-0.15, -0.1) is 0 Å². The summed E-state index contributed by atoms with van der Waals surface area (Å²) >= 11 is 1.26. The molecule has 0 aliphatic heterocycles. The van der Waals surface area contributed by atoms with Crippen LogP contribution < -0.4 is 15.0 Å². The Bertz CT molecular complexity index is 871. The van der Waals surface area contributed by atoms with Crippen LogP contribution in [0.3, 0.4) is 0 Å². The zero-order valence-corrected chi connectivity index (χ0v) is 14.2. The third-order valence-corrected chi connectivity index (χ3v) is 3.55. The maximum Gasteiger partial charge on any atom is 0.308 e. The number of carbonyl (C=O) groups excluding carboxylic acids is 1. The van der Waals surface area contributed by atoms with E-state index in [0.717, 1.165) is 0 Å². The van der Waals surface area contributed by atoms with Crippen molar-refractivity contribution in [1.29, 1.82) is 5.26 Å². The maximum absolute atomic E-state index is 12.0. The van der Waals surface area contributed by atoms with Crippen LogP contribution in [0.5, 0.6) is 11.5 Å². The molecule has 0 atom stereocenters. The largest absolute Gasteiger partial charge is 0.490 e. The fraction of sp³-hybridized carbons (Fsp3) is 0.250. The van der Waals surface area contributed by atoms with Gasteiger partial charge in [0.05, 0.1) is 12.3 Å². The molecule has 124 valence electrons. The minimum absolute atomic E-state index is 0.0875. The summed E-state index contributed by atoms with van der Waals surface area (Å²) < 4.78 is 10.6. The summed E-state index contributed by atoms with van der Waals surface area (Å²) in [6.07, 6.45) is 1.77. The number of benzene rings is 1. The smallest absolute Gasteiger partial charge is 0.308 e. The first-order valence-corrected chi connectivity index (χ1v) is 8.26. The van der Waals surface area contributed by atoms with Crippen molar-refractivity contribution in [3.05, 3.63) is 34.1 Å². The van der Waals surface area contributed by atoms with Gasteiger partial charge in [-0.1, -0.05) is 11.8 Å². The van der Waals surface area contributed by atoms with E-state index in [2.05, 4.69) is 9.97 Å². The lowest BCUT2D eigenvalue weighted by molar-refractivity contribution is -0.132. The number of nitrogens with one attached hydrogen (secondary N) is 1. The van der Waals surface area contributed by atoms with Gasteiger partial charge >= 0.3 is 5.97 Å². The number of carbonyl (C=O) groups is 1. The number of aromatic amines is 1.